The smallest absolute Gasteiger partial charge is 0.238 e. The Hall–Kier alpha value is -1.86. The molecule has 24 heavy (non-hydrogen) atoms. The molecule has 0 saturated carbocycles. The van der Waals surface area contributed by atoms with Gasteiger partial charge in [-0.2, -0.15) is 0 Å². The van der Waals surface area contributed by atoms with Crippen molar-refractivity contribution in [2.75, 3.05) is 24.5 Å². The Labute approximate surface area is 145 Å². The van der Waals surface area contributed by atoms with Crippen molar-refractivity contribution < 1.29 is 4.79 Å². The molecule has 4 heterocycles. The molecule has 2 saturated heterocycles. The van der Waals surface area contributed by atoms with Gasteiger partial charge in [-0.3, -0.25) is 14.6 Å². The largest absolute Gasteiger partial charge is 0.297 e. The van der Waals surface area contributed by atoms with E-state index in [-0.39, 0.29) is 11.3 Å². The molecule has 2 aliphatic rings. The maximum Gasteiger partial charge on any atom is 0.238 e. The Balaban J connectivity index is 1.46. The van der Waals surface area contributed by atoms with Gasteiger partial charge in [0.15, 0.2) is 0 Å². The van der Waals surface area contributed by atoms with Crippen LogP contribution < -0.4 is 4.90 Å². The number of amides is 1. The van der Waals surface area contributed by atoms with Crippen LogP contribution in [-0.2, 0) is 11.3 Å². The van der Waals surface area contributed by atoms with E-state index in [9.17, 15) is 4.79 Å². The molecule has 126 valence electrons. The average molecular weight is 343 g/mol. The number of hydrogen-bond acceptors (Lipinski definition) is 6. The minimum absolute atomic E-state index is 0.176. The summed E-state index contributed by atoms with van der Waals surface area (Å²) in [6.45, 7) is 7.62. The first-order chi connectivity index (χ1) is 11.6. The van der Waals surface area contributed by atoms with Gasteiger partial charge in [-0.25, -0.2) is 15.0 Å². The molecule has 0 radical (unpaired) electrons. The summed E-state index contributed by atoms with van der Waals surface area (Å²) < 4.78 is 0. The van der Waals surface area contributed by atoms with Crippen LogP contribution in [0.15, 0.2) is 18.5 Å². The van der Waals surface area contributed by atoms with Crippen LogP contribution in [0.3, 0.4) is 0 Å². The SMILES string of the molecule is Cc1nc(C)c(CN2CCCC3(C2)CN(c2ncccn2)C3=O)s1. The number of aromatic nitrogens is 3. The van der Waals surface area contributed by atoms with Crippen LogP contribution in [0.1, 0.15) is 28.4 Å². The number of hydrogen-bond donors (Lipinski definition) is 0. The molecule has 1 atom stereocenters. The van der Waals surface area contributed by atoms with E-state index in [0.717, 1.165) is 49.7 Å². The number of likely N-dealkylation sites (tertiary alicyclic amines) is 1. The molecule has 0 bridgehead atoms. The molecule has 0 N–H and O–H groups in total. The second-order valence-electron chi connectivity index (χ2n) is 6.78. The standard InChI is InChI=1S/C17H21N5OS/c1-12-14(24-13(2)20-12)9-21-8-3-5-17(10-21)11-22(15(17)23)16-18-6-4-7-19-16/h4,6-7H,3,5,8-11H2,1-2H3. The van der Waals surface area contributed by atoms with Crippen LogP contribution in [-0.4, -0.2) is 45.4 Å². The lowest BCUT2D eigenvalue weighted by Gasteiger charge is -2.52. The molecule has 4 rings (SSSR count). The molecule has 0 aromatic carbocycles. The summed E-state index contributed by atoms with van der Waals surface area (Å²) in [5, 5.41) is 1.11. The lowest BCUT2D eigenvalue weighted by molar-refractivity contribution is -0.139. The van der Waals surface area contributed by atoms with E-state index in [0.29, 0.717) is 5.95 Å². The number of thiazole rings is 1. The van der Waals surface area contributed by atoms with E-state index in [2.05, 4.69) is 26.8 Å². The number of β-lactam (4-membered cyclic amide) rings is 1. The Morgan fingerprint density at radius 1 is 1.25 bits per heavy atom. The predicted octanol–water partition coefficient (Wildman–Crippen LogP) is 2.18. The number of anilines is 1. The monoisotopic (exact) mass is 343 g/mol. The first-order valence-electron chi connectivity index (χ1n) is 8.32. The molecule has 2 aliphatic heterocycles. The molecule has 1 unspecified atom stereocenters. The Morgan fingerprint density at radius 3 is 2.71 bits per heavy atom. The number of piperidine rings is 1. The third kappa shape index (κ3) is 2.61. The van der Waals surface area contributed by atoms with Crippen LogP contribution in [0.25, 0.3) is 0 Å². The summed E-state index contributed by atoms with van der Waals surface area (Å²) in [5.41, 5.74) is 0.877. The van der Waals surface area contributed by atoms with Crippen molar-refractivity contribution in [2.45, 2.75) is 33.2 Å². The highest BCUT2D eigenvalue weighted by molar-refractivity contribution is 7.11. The van der Waals surface area contributed by atoms with Crippen molar-refractivity contribution in [2.24, 2.45) is 5.41 Å². The summed E-state index contributed by atoms with van der Waals surface area (Å²) in [6, 6.07) is 1.77. The number of carbonyl (C=O) groups is 1. The lowest BCUT2D eigenvalue weighted by Crippen LogP contribution is -2.67. The van der Waals surface area contributed by atoms with Crippen LogP contribution >= 0.6 is 11.3 Å². The van der Waals surface area contributed by atoms with Gasteiger partial charge in [0.05, 0.1) is 16.1 Å². The third-order valence-corrected chi connectivity index (χ3v) is 6.03. The van der Waals surface area contributed by atoms with E-state index in [1.807, 2.05) is 6.92 Å². The van der Waals surface area contributed by atoms with Gasteiger partial charge in [0.2, 0.25) is 11.9 Å². The fourth-order valence-electron chi connectivity index (χ4n) is 3.82. The van der Waals surface area contributed by atoms with Gasteiger partial charge >= 0.3 is 0 Å². The number of nitrogens with zero attached hydrogens (tertiary/aromatic N) is 5. The third-order valence-electron chi connectivity index (χ3n) is 4.98. The van der Waals surface area contributed by atoms with Gasteiger partial charge in [0, 0.05) is 36.9 Å². The number of aryl methyl sites for hydroxylation is 2. The summed E-state index contributed by atoms with van der Waals surface area (Å²) in [7, 11) is 0. The summed E-state index contributed by atoms with van der Waals surface area (Å²) in [5.74, 6) is 0.704. The molecular formula is C17H21N5OS. The van der Waals surface area contributed by atoms with E-state index in [1.54, 1.807) is 34.7 Å². The molecular weight excluding hydrogens is 322 g/mol. The lowest BCUT2D eigenvalue weighted by atomic mass is 9.72. The van der Waals surface area contributed by atoms with Gasteiger partial charge in [0.1, 0.15) is 0 Å². The fourth-order valence-corrected chi connectivity index (χ4v) is 4.80. The van der Waals surface area contributed by atoms with Crippen molar-refractivity contribution in [1.29, 1.82) is 0 Å². The van der Waals surface area contributed by atoms with Gasteiger partial charge in [0.25, 0.3) is 0 Å². The fraction of sp³-hybridized carbons (Fsp3) is 0.529. The molecule has 6 nitrogen and oxygen atoms in total. The van der Waals surface area contributed by atoms with Gasteiger partial charge in [-0.05, 0) is 39.3 Å². The Morgan fingerprint density at radius 2 is 2.04 bits per heavy atom. The minimum atomic E-state index is -0.245. The van der Waals surface area contributed by atoms with Crippen LogP contribution in [0.2, 0.25) is 0 Å². The zero-order chi connectivity index (χ0) is 16.7. The first-order valence-corrected chi connectivity index (χ1v) is 9.13. The van der Waals surface area contributed by atoms with Crippen LogP contribution in [0, 0.1) is 19.3 Å². The number of rotatable bonds is 3. The van der Waals surface area contributed by atoms with Crippen LogP contribution in [0.5, 0.6) is 0 Å². The predicted molar refractivity (Wildman–Crippen MR) is 92.9 cm³/mol. The van der Waals surface area contributed by atoms with Gasteiger partial charge in [-0.15, -0.1) is 11.3 Å². The zero-order valence-corrected chi connectivity index (χ0v) is 14.8. The van der Waals surface area contributed by atoms with E-state index < -0.39 is 0 Å². The van der Waals surface area contributed by atoms with Crippen molar-refractivity contribution in [1.82, 2.24) is 19.9 Å². The summed E-state index contributed by atoms with van der Waals surface area (Å²) in [6.07, 6.45) is 5.39. The maximum atomic E-state index is 12.8. The highest BCUT2D eigenvalue weighted by Crippen LogP contribution is 2.42. The molecule has 0 aliphatic carbocycles. The minimum Gasteiger partial charge on any atom is -0.297 e. The quantitative estimate of drug-likeness (QED) is 0.800. The maximum absolute atomic E-state index is 12.8. The average Bonchev–Trinajstić information content (AvgIpc) is 2.91. The first kappa shape index (κ1) is 15.7. The molecule has 2 aromatic rings. The summed E-state index contributed by atoms with van der Waals surface area (Å²) >= 11 is 1.76. The van der Waals surface area contributed by atoms with E-state index >= 15 is 0 Å². The topological polar surface area (TPSA) is 62.2 Å². The molecule has 2 fully saturated rings. The second-order valence-corrected chi connectivity index (χ2v) is 8.06. The molecule has 1 amide bonds. The van der Waals surface area contributed by atoms with Crippen LogP contribution in [0.4, 0.5) is 5.95 Å². The van der Waals surface area contributed by atoms with Crippen molar-refractivity contribution in [3.8, 4) is 0 Å². The second kappa shape index (κ2) is 5.89. The van der Waals surface area contributed by atoms with Crippen molar-refractivity contribution in [3.05, 3.63) is 34.0 Å². The van der Waals surface area contributed by atoms with Crippen molar-refractivity contribution >= 4 is 23.2 Å². The normalized spacial score (nSPS) is 24.4. The highest BCUT2D eigenvalue weighted by atomic mass is 32.1. The zero-order valence-electron chi connectivity index (χ0n) is 14.0. The van der Waals surface area contributed by atoms with Gasteiger partial charge in [-0.1, -0.05) is 0 Å². The molecule has 1 spiro atoms. The molecule has 7 heteroatoms. The Kier molecular flexibility index (Phi) is 3.85. The van der Waals surface area contributed by atoms with Gasteiger partial charge < -0.3 is 0 Å². The van der Waals surface area contributed by atoms with E-state index in [4.69, 9.17) is 0 Å². The number of carbonyl (C=O) groups excluding carboxylic acids is 1. The summed E-state index contributed by atoms with van der Waals surface area (Å²) in [4.78, 5) is 31.2. The van der Waals surface area contributed by atoms with E-state index in [1.165, 1.54) is 4.88 Å². The Bertz CT molecular complexity index is 762. The highest BCUT2D eigenvalue weighted by Gasteiger charge is 2.55. The molecule has 2 aromatic heterocycles. The van der Waals surface area contributed by atoms with Crippen molar-refractivity contribution in [3.63, 3.8) is 0 Å².